The number of ether oxygens (including phenoxy) is 2. The zero-order valence-corrected chi connectivity index (χ0v) is 14.0. The predicted molar refractivity (Wildman–Crippen MR) is 90.8 cm³/mol. The van der Waals surface area contributed by atoms with Crippen LogP contribution in [0.2, 0.25) is 0 Å². The molecule has 0 aliphatic carbocycles. The van der Waals surface area contributed by atoms with Crippen LogP contribution < -0.4 is 10.5 Å². The Kier molecular flexibility index (Phi) is 5.11. The van der Waals surface area contributed by atoms with E-state index < -0.39 is 28.6 Å². The van der Waals surface area contributed by atoms with E-state index in [1.54, 1.807) is 30.3 Å². The third-order valence-electron chi connectivity index (χ3n) is 3.84. The molecule has 7 nitrogen and oxygen atoms in total. The maximum absolute atomic E-state index is 11.3. The Labute approximate surface area is 146 Å². The average molecular weight is 360 g/mol. The van der Waals surface area contributed by atoms with E-state index in [0.717, 1.165) is 11.1 Å². The smallest absolute Gasteiger partial charge is 0.311 e. The van der Waals surface area contributed by atoms with Crippen molar-refractivity contribution >= 4 is 16.4 Å². The second-order valence-electron chi connectivity index (χ2n) is 5.55. The average Bonchev–Trinajstić information content (AvgIpc) is 3.02. The van der Waals surface area contributed by atoms with E-state index in [1.807, 2.05) is 18.2 Å². The van der Waals surface area contributed by atoms with E-state index in [9.17, 15) is 13.2 Å². The van der Waals surface area contributed by atoms with Crippen molar-refractivity contribution in [2.75, 3.05) is 13.2 Å². The van der Waals surface area contributed by atoms with Gasteiger partial charge in [0.05, 0.1) is 13.2 Å². The zero-order chi connectivity index (χ0) is 17.8. The van der Waals surface area contributed by atoms with Gasteiger partial charge in [-0.1, -0.05) is 24.3 Å². The predicted octanol–water partition coefficient (Wildman–Crippen LogP) is 1.66. The Morgan fingerprint density at radius 3 is 2.56 bits per heavy atom. The third kappa shape index (κ3) is 4.23. The summed E-state index contributed by atoms with van der Waals surface area (Å²) in [5, 5.41) is 0. The highest BCUT2D eigenvalue weighted by atomic mass is 32.2. The minimum Gasteiger partial charge on any atom is -0.486 e. The molecule has 0 aromatic heterocycles. The number of amides is 1. The molecule has 130 valence electrons. The summed E-state index contributed by atoms with van der Waals surface area (Å²) < 4.78 is 36.0. The van der Waals surface area contributed by atoms with Crippen LogP contribution in [0.4, 0.5) is 0 Å². The van der Waals surface area contributed by atoms with Gasteiger partial charge in [0.25, 0.3) is 0 Å². The van der Waals surface area contributed by atoms with Crippen LogP contribution in [0, 0.1) is 0 Å². The summed E-state index contributed by atoms with van der Waals surface area (Å²) in [7, 11) is -2.49. The van der Waals surface area contributed by atoms with Gasteiger partial charge in [0.2, 0.25) is 5.91 Å². The molecule has 2 atom stereocenters. The number of hydrogen-bond acceptors (Lipinski definition) is 6. The SMILES string of the molecule is NC(=O)c1cccc(-c2ccc(OC3COCC3N=S(=O)=O)cc2)c1. The van der Waals surface area contributed by atoms with Crippen LogP contribution in [0.15, 0.2) is 52.9 Å². The van der Waals surface area contributed by atoms with Crippen molar-refractivity contribution in [1.29, 1.82) is 0 Å². The number of rotatable bonds is 5. The first-order valence-corrected chi connectivity index (χ1v) is 8.61. The van der Waals surface area contributed by atoms with Gasteiger partial charge in [0.1, 0.15) is 17.9 Å². The minimum absolute atomic E-state index is 0.219. The second-order valence-corrected chi connectivity index (χ2v) is 6.20. The quantitative estimate of drug-likeness (QED) is 0.872. The Morgan fingerprint density at radius 2 is 1.88 bits per heavy atom. The molecule has 1 fully saturated rings. The molecule has 2 unspecified atom stereocenters. The highest BCUT2D eigenvalue weighted by Crippen LogP contribution is 2.25. The monoisotopic (exact) mass is 360 g/mol. The first kappa shape index (κ1) is 17.1. The molecular formula is C17H16N2O5S. The van der Waals surface area contributed by atoms with Gasteiger partial charge in [-0.15, -0.1) is 0 Å². The largest absolute Gasteiger partial charge is 0.486 e. The molecule has 0 bridgehead atoms. The summed E-state index contributed by atoms with van der Waals surface area (Å²) in [6, 6.07) is 13.7. The van der Waals surface area contributed by atoms with Gasteiger partial charge in [0.15, 0.2) is 0 Å². The molecule has 0 spiro atoms. The molecule has 2 aromatic rings. The van der Waals surface area contributed by atoms with Crippen molar-refractivity contribution in [3.63, 3.8) is 0 Å². The summed E-state index contributed by atoms with van der Waals surface area (Å²) in [5.41, 5.74) is 7.51. The van der Waals surface area contributed by atoms with Crippen molar-refractivity contribution in [2.45, 2.75) is 12.1 Å². The molecule has 3 rings (SSSR count). The van der Waals surface area contributed by atoms with Gasteiger partial charge in [-0.2, -0.15) is 12.8 Å². The summed E-state index contributed by atoms with van der Waals surface area (Å²) >= 11 is 0. The Hall–Kier alpha value is -2.71. The van der Waals surface area contributed by atoms with Crippen LogP contribution in [0.3, 0.4) is 0 Å². The van der Waals surface area contributed by atoms with E-state index in [0.29, 0.717) is 11.3 Å². The zero-order valence-electron chi connectivity index (χ0n) is 13.2. The molecule has 2 N–H and O–H groups in total. The lowest BCUT2D eigenvalue weighted by molar-refractivity contribution is 0.100. The number of carbonyl (C=O) groups is 1. The van der Waals surface area contributed by atoms with Crippen molar-refractivity contribution in [1.82, 2.24) is 0 Å². The number of hydrogen-bond donors (Lipinski definition) is 1. The van der Waals surface area contributed by atoms with Gasteiger partial charge in [0, 0.05) is 5.56 Å². The maximum atomic E-state index is 11.3. The summed E-state index contributed by atoms with van der Waals surface area (Å²) in [6.07, 6.45) is -0.443. The number of nitrogens with zero attached hydrogens (tertiary/aromatic N) is 1. The molecule has 2 aromatic carbocycles. The van der Waals surface area contributed by atoms with E-state index in [4.69, 9.17) is 15.2 Å². The lowest BCUT2D eigenvalue weighted by Gasteiger charge is -2.15. The standard InChI is InChI=1S/C17H16N2O5S/c18-17(20)13-3-1-2-12(8-13)11-4-6-14(7-5-11)24-16-10-23-9-15(16)19-25(21)22/h1-8,15-16H,9-10H2,(H2,18,20). The van der Waals surface area contributed by atoms with Crippen LogP contribution in [0.5, 0.6) is 5.75 Å². The highest BCUT2D eigenvalue weighted by molar-refractivity contribution is 7.61. The molecule has 1 aliphatic rings. The van der Waals surface area contributed by atoms with E-state index in [1.165, 1.54) is 0 Å². The number of nitrogens with two attached hydrogens (primary N) is 1. The van der Waals surface area contributed by atoms with Crippen molar-refractivity contribution in [3.05, 3.63) is 54.1 Å². The fraction of sp³-hybridized carbons (Fsp3) is 0.235. The van der Waals surface area contributed by atoms with Crippen LogP contribution >= 0.6 is 0 Å². The van der Waals surface area contributed by atoms with Gasteiger partial charge in [-0.05, 0) is 35.4 Å². The molecule has 0 saturated carbocycles. The summed E-state index contributed by atoms with van der Waals surface area (Å²) in [6.45, 7) is 0.504. The van der Waals surface area contributed by atoms with Crippen LogP contribution in [0.1, 0.15) is 10.4 Å². The Bertz CT molecular complexity index is 901. The normalized spacial score (nSPS) is 19.4. The van der Waals surface area contributed by atoms with Crippen molar-refractivity contribution in [2.24, 2.45) is 10.1 Å². The lowest BCUT2D eigenvalue weighted by atomic mass is 10.0. The molecule has 1 heterocycles. The van der Waals surface area contributed by atoms with Gasteiger partial charge in [-0.3, -0.25) is 4.79 Å². The number of benzene rings is 2. The van der Waals surface area contributed by atoms with Crippen LogP contribution in [-0.2, 0) is 15.2 Å². The van der Waals surface area contributed by atoms with Gasteiger partial charge in [-0.25, -0.2) is 0 Å². The third-order valence-corrected chi connectivity index (χ3v) is 4.29. The topological polar surface area (TPSA) is 108 Å². The number of primary amides is 1. The first-order valence-electron chi connectivity index (χ1n) is 7.58. The fourth-order valence-electron chi connectivity index (χ4n) is 2.60. The van der Waals surface area contributed by atoms with Gasteiger partial charge < -0.3 is 15.2 Å². The van der Waals surface area contributed by atoms with E-state index in [2.05, 4.69) is 4.36 Å². The minimum atomic E-state index is -2.49. The van der Waals surface area contributed by atoms with Gasteiger partial charge >= 0.3 is 10.5 Å². The molecular weight excluding hydrogens is 344 g/mol. The van der Waals surface area contributed by atoms with E-state index >= 15 is 0 Å². The molecule has 1 saturated heterocycles. The Morgan fingerprint density at radius 1 is 1.12 bits per heavy atom. The molecule has 8 heteroatoms. The molecule has 25 heavy (non-hydrogen) atoms. The molecule has 1 amide bonds. The molecule has 0 radical (unpaired) electrons. The highest BCUT2D eigenvalue weighted by Gasteiger charge is 2.30. The summed E-state index contributed by atoms with van der Waals surface area (Å²) in [5.74, 6) is 0.107. The number of carbonyl (C=O) groups excluding carboxylic acids is 1. The van der Waals surface area contributed by atoms with E-state index in [-0.39, 0.29) is 13.2 Å². The fourth-order valence-corrected chi connectivity index (χ4v) is 3.02. The lowest BCUT2D eigenvalue weighted by Crippen LogP contribution is -2.28. The maximum Gasteiger partial charge on any atom is 0.311 e. The summed E-state index contributed by atoms with van der Waals surface area (Å²) in [4.78, 5) is 11.3. The molecule has 1 aliphatic heterocycles. The van der Waals surface area contributed by atoms with Crippen LogP contribution in [-0.4, -0.2) is 39.7 Å². The van der Waals surface area contributed by atoms with Crippen molar-refractivity contribution in [3.8, 4) is 16.9 Å². The van der Waals surface area contributed by atoms with Crippen LogP contribution in [0.25, 0.3) is 11.1 Å². The first-order chi connectivity index (χ1) is 12.0. The van der Waals surface area contributed by atoms with Crippen molar-refractivity contribution < 1.29 is 22.7 Å². The second kappa shape index (κ2) is 7.45. The Balaban J connectivity index is 1.75.